The van der Waals surface area contributed by atoms with Crippen LogP contribution in [0.4, 0.5) is 11.4 Å². The Morgan fingerprint density at radius 2 is 1.91 bits per heavy atom. The third kappa shape index (κ3) is 4.30. The van der Waals surface area contributed by atoms with Crippen LogP contribution in [-0.2, 0) is 14.4 Å². The number of nitrogens with one attached hydrogen (secondary N) is 1. The molecule has 1 aliphatic rings. The molecule has 1 unspecified atom stereocenters. The topological polar surface area (TPSA) is 92.5 Å². The van der Waals surface area contributed by atoms with Gasteiger partial charge in [-0.3, -0.25) is 19.3 Å². The smallest absolute Gasteiger partial charge is 0.241 e. The van der Waals surface area contributed by atoms with Crippen molar-refractivity contribution in [3.8, 4) is 0 Å². The molecule has 1 aromatic carbocycles. The van der Waals surface area contributed by atoms with Crippen molar-refractivity contribution in [2.45, 2.75) is 45.6 Å². The molecule has 1 aromatic rings. The van der Waals surface area contributed by atoms with E-state index in [1.165, 1.54) is 4.90 Å². The lowest BCUT2D eigenvalue weighted by molar-refractivity contribution is -0.121. The number of hydrogen-bond donors (Lipinski definition) is 2. The summed E-state index contributed by atoms with van der Waals surface area (Å²) in [5, 5.41) is 2.76. The van der Waals surface area contributed by atoms with Gasteiger partial charge in [0.1, 0.15) is 0 Å². The lowest BCUT2D eigenvalue weighted by Gasteiger charge is -2.18. The molecular formula is C16H22ClN3O3. The Labute approximate surface area is 141 Å². The molecule has 1 heterocycles. The second kappa shape index (κ2) is 8.08. The normalized spacial score (nSPS) is 15.3. The molecule has 2 rings (SSSR count). The van der Waals surface area contributed by atoms with Crippen LogP contribution in [0.25, 0.3) is 0 Å². The quantitative estimate of drug-likeness (QED) is 0.804. The van der Waals surface area contributed by atoms with E-state index < -0.39 is 6.04 Å². The summed E-state index contributed by atoms with van der Waals surface area (Å²) in [6.07, 6.45) is 1.97. The van der Waals surface area contributed by atoms with Crippen LogP contribution in [0.1, 0.15) is 38.2 Å². The molecule has 3 amide bonds. The Kier molecular flexibility index (Phi) is 6.72. The first-order chi connectivity index (χ1) is 10.4. The maximum atomic E-state index is 11.9. The first kappa shape index (κ1) is 19.1. The number of hydrogen-bond acceptors (Lipinski definition) is 4. The summed E-state index contributed by atoms with van der Waals surface area (Å²) >= 11 is 0. The Morgan fingerprint density at radius 3 is 2.43 bits per heavy atom. The highest BCUT2D eigenvalue weighted by molar-refractivity contribution is 6.20. The van der Waals surface area contributed by atoms with Gasteiger partial charge in [0, 0.05) is 18.5 Å². The third-order valence-electron chi connectivity index (χ3n) is 3.69. The van der Waals surface area contributed by atoms with Gasteiger partial charge in [0.2, 0.25) is 17.7 Å². The SMILES string of the molecule is CCCC(N)C(=O)Nc1ccc(N2C(=O)CCC2=O)c(C)c1.Cl. The zero-order chi connectivity index (χ0) is 16.3. The number of rotatable bonds is 5. The van der Waals surface area contributed by atoms with E-state index in [1.807, 2.05) is 6.92 Å². The van der Waals surface area contributed by atoms with Crippen LogP contribution in [0.2, 0.25) is 0 Å². The zero-order valence-electron chi connectivity index (χ0n) is 13.3. The van der Waals surface area contributed by atoms with Crippen molar-refractivity contribution in [3.05, 3.63) is 23.8 Å². The van der Waals surface area contributed by atoms with E-state index in [1.54, 1.807) is 25.1 Å². The highest BCUT2D eigenvalue weighted by atomic mass is 35.5. The molecule has 0 aliphatic carbocycles. The number of nitrogens with two attached hydrogens (primary N) is 1. The van der Waals surface area contributed by atoms with Crippen molar-refractivity contribution in [3.63, 3.8) is 0 Å². The molecule has 1 atom stereocenters. The number of amides is 3. The monoisotopic (exact) mass is 339 g/mol. The molecule has 0 saturated carbocycles. The average molecular weight is 340 g/mol. The second-order valence-electron chi connectivity index (χ2n) is 5.51. The van der Waals surface area contributed by atoms with E-state index in [4.69, 9.17) is 5.73 Å². The number of halogens is 1. The molecule has 126 valence electrons. The fourth-order valence-electron chi connectivity index (χ4n) is 2.51. The van der Waals surface area contributed by atoms with Gasteiger partial charge in [-0.25, -0.2) is 0 Å². The fraction of sp³-hybridized carbons (Fsp3) is 0.438. The first-order valence-electron chi connectivity index (χ1n) is 7.47. The van der Waals surface area contributed by atoms with Crippen molar-refractivity contribution in [2.24, 2.45) is 5.73 Å². The summed E-state index contributed by atoms with van der Waals surface area (Å²) in [5.41, 5.74) is 7.71. The van der Waals surface area contributed by atoms with Gasteiger partial charge in [-0.2, -0.15) is 0 Å². The van der Waals surface area contributed by atoms with Crippen molar-refractivity contribution in [1.82, 2.24) is 0 Å². The number of benzene rings is 1. The van der Waals surface area contributed by atoms with Crippen LogP contribution >= 0.6 is 12.4 Å². The van der Waals surface area contributed by atoms with Crippen LogP contribution in [0.5, 0.6) is 0 Å². The Hall–Kier alpha value is -1.92. The van der Waals surface area contributed by atoms with E-state index in [2.05, 4.69) is 5.32 Å². The molecule has 1 aliphatic heterocycles. The summed E-state index contributed by atoms with van der Waals surface area (Å²) in [6.45, 7) is 3.77. The van der Waals surface area contributed by atoms with E-state index in [0.29, 0.717) is 17.8 Å². The predicted molar refractivity (Wildman–Crippen MR) is 91.7 cm³/mol. The molecule has 0 radical (unpaired) electrons. The van der Waals surface area contributed by atoms with Crippen LogP contribution in [0.3, 0.4) is 0 Å². The maximum Gasteiger partial charge on any atom is 0.241 e. The van der Waals surface area contributed by atoms with Gasteiger partial charge in [-0.05, 0) is 37.1 Å². The number of imide groups is 1. The molecule has 0 aromatic heterocycles. The minimum Gasteiger partial charge on any atom is -0.325 e. The standard InChI is InChI=1S/C16H21N3O3.ClH/c1-3-4-12(17)16(22)18-11-5-6-13(10(2)9-11)19-14(20)7-8-15(19)21;/h5-6,9,12H,3-4,7-8,17H2,1-2H3,(H,18,22);1H. The first-order valence-corrected chi connectivity index (χ1v) is 7.47. The van der Waals surface area contributed by atoms with E-state index in [-0.39, 0.29) is 43.0 Å². The summed E-state index contributed by atoms with van der Waals surface area (Å²) < 4.78 is 0. The summed E-state index contributed by atoms with van der Waals surface area (Å²) in [5.74, 6) is -0.605. The van der Waals surface area contributed by atoms with Crippen molar-refractivity contribution in [2.75, 3.05) is 10.2 Å². The Balaban J connectivity index is 0.00000264. The van der Waals surface area contributed by atoms with Gasteiger partial charge in [0.05, 0.1) is 11.7 Å². The molecule has 1 saturated heterocycles. The number of anilines is 2. The largest absolute Gasteiger partial charge is 0.325 e. The third-order valence-corrected chi connectivity index (χ3v) is 3.69. The number of nitrogens with zero attached hydrogens (tertiary/aromatic N) is 1. The molecular weight excluding hydrogens is 318 g/mol. The van der Waals surface area contributed by atoms with Gasteiger partial charge >= 0.3 is 0 Å². The van der Waals surface area contributed by atoms with Crippen LogP contribution in [0.15, 0.2) is 18.2 Å². The highest BCUT2D eigenvalue weighted by Crippen LogP contribution is 2.28. The van der Waals surface area contributed by atoms with E-state index in [0.717, 1.165) is 12.0 Å². The number of carbonyl (C=O) groups is 3. The van der Waals surface area contributed by atoms with Crippen molar-refractivity contribution in [1.29, 1.82) is 0 Å². The molecule has 0 spiro atoms. The minimum atomic E-state index is -0.535. The summed E-state index contributed by atoms with van der Waals surface area (Å²) in [7, 11) is 0. The molecule has 3 N–H and O–H groups in total. The molecule has 23 heavy (non-hydrogen) atoms. The summed E-state index contributed by atoms with van der Waals surface area (Å²) in [4.78, 5) is 36.7. The van der Waals surface area contributed by atoms with E-state index >= 15 is 0 Å². The number of carbonyl (C=O) groups excluding carboxylic acids is 3. The molecule has 0 bridgehead atoms. The summed E-state index contributed by atoms with van der Waals surface area (Å²) in [6, 6.07) is 4.56. The van der Waals surface area contributed by atoms with Crippen molar-refractivity contribution < 1.29 is 14.4 Å². The zero-order valence-corrected chi connectivity index (χ0v) is 14.1. The Morgan fingerprint density at radius 1 is 1.30 bits per heavy atom. The van der Waals surface area contributed by atoms with Crippen molar-refractivity contribution >= 4 is 41.5 Å². The number of aryl methyl sites for hydroxylation is 1. The minimum absolute atomic E-state index is 0. The lowest BCUT2D eigenvalue weighted by atomic mass is 10.1. The molecule has 7 heteroatoms. The lowest BCUT2D eigenvalue weighted by Crippen LogP contribution is -2.35. The van der Waals surface area contributed by atoms with Gasteiger partial charge in [0.15, 0.2) is 0 Å². The average Bonchev–Trinajstić information content (AvgIpc) is 2.79. The van der Waals surface area contributed by atoms with Gasteiger partial charge < -0.3 is 11.1 Å². The van der Waals surface area contributed by atoms with Gasteiger partial charge in [-0.15, -0.1) is 12.4 Å². The fourth-order valence-corrected chi connectivity index (χ4v) is 2.51. The molecule has 6 nitrogen and oxygen atoms in total. The Bertz CT molecular complexity index is 603. The second-order valence-corrected chi connectivity index (χ2v) is 5.51. The molecule has 1 fully saturated rings. The van der Waals surface area contributed by atoms with E-state index in [9.17, 15) is 14.4 Å². The maximum absolute atomic E-state index is 11.9. The highest BCUT2D eigenvalue weighted by Gasteiger charge is 2.31. The van der Waals surface area contributed by atoms with Gasteiger partial charge in [-0.1, -0.05) is 13.3 Å². The predicted octanol–water partition coefficient (Wildman–Crippen LogP) is 2.14. The van der Waals surface area contributed by atoms with Crippen LogP contribution in [0, 0.1) is 6.92 Å². The van der Waals surface area contributed by atoms with Crippen LogP contribution < -0.4 is 16.0 Å². The van der Waals surface area contributed by atoms with Crippen LogP contribution in [-0.4, -0.2) is 23.8 Å². The van der Waals surface area contributed by atoms with Gasteiger partial charge in [0.25, 0.3) is 0 Å².